The molecule has 2 saturated heterocycles. The third-order valence-corrected chi connectivity index (χ3v) is 7.39. The van der Waals surface area contributed by atoms with Gasteiger partial charge >= 0.3 is 12.0 Å². The van der Waals surface area contributed by atoms with Gasteiger partial charge in [0.15, 0.2) is 0 Å². The smallest absolute Gasteiger partial charge is 0.351 e. The molecule has 10 nitrogen and oxygen atoms in total. The zero-order chi connectivity index (χ0) is 21.3. The van der Waals surface area contributed by atoms with Gasteiger partial charge in [0.1, 0.15) is 5.70 Å². The van der Waals surface area contributed by atoms with Crippen molar-refractivity contribution in [3.63, 3.8) is 0 Å². The number of ether oxygens (including phenoxy) is 1. The minimum atomic E-state index is -0.957. The van der Waals surface area contributed by atoms with Crippen molar-refractivity contribution < 1.29 is 24.5 Å². The van der Waals surface area contributed by atoms with Crippen molar-refractivity contribution in [3.05, 3.63) is 17.0 Å². The third kappa shape index (κ3) is 4.64. The molecule has 2 amide bonds. The van der Waals surface area contributed by atoms with E-state index in [1.807, 2.05) is 11.8 Å². The molecular formula is C18H29N4O6S-. The van der Waals surface area contributed by atoms with E-state index >= 15 is 0 Å². The van der Waals surface area contributed by atoms with Crippen molar-refractivity contribution in [1.82, 2.24) is 15.3 Å². The van der Waals surface area contributed by atoms with Gasteiger partial charge in [0.25, 0.3) is 0 Å². The zero-order valence-corrected chi connectivity index (χ0v) is 17.4. The van der Waals surface area contributed by atoms with Gasteiger partial charge in [0.05, 0.1) is 24.7 Å². The lowest BCUT2D eigenvalue weighted by molar-refractivity contribution is -0.138. The SMILES string of the molecule is C[C@@H]1C=C(C(=O)O)N2C(S[C@H]3C[C@@H](COCCNC(N)=O)N([O-])C3)[C@H]([C@@H](C)O)[C@H]12. The lowest BCUT2D eigenvalue weighted by Gasteiger charge is -2.56. The Morgan fingerprint density at radius 2 is 2.24 bits per heavy atom. The third-order valence-electron chi connectivity index (χ3n) is 5.85. The second kappa shape index (κ2) is 9.09. The van der Waals surface area contributed by atoms with Gasteiger partial charge in [-0.3, -0.25) is 0 Å². The Hall–Kier alpha value is -1.53. The Balaban J connectivity index is 1.54. The average molecular weight is 430 g/mol. The molecule has 3 aliphatic heterocycles. The van der Waals surface area contributed by atoms with Gasteiger partial charge in [-0.25, -0.2) is 9.59 Å². The van der Waals surface area contributed by atoms with E-state index in [2.05, 4.69) is 5.32 Å². The fourth-order valence-electron chi connectivity index (χ4n) is 4.56. The van der Waals surface area contributed by atoms with Crippen LogP contribution >= 0.6 is 11.8 Å². The topological polar surface area (TPSA) is 151 Å². The molecule has 11 heteroatoms. The normalized spacial score (nSPS) is 35.0. The van der Waals surface area contributed by atoms with Gasteiger partial charge in [-0.05, 0) is 31.9 Å². The van der Waals surface area contributed by atoms with E-state index in [4.69, 9.17) is 10.5 Å². The summed E-state index contributed by atoms with van der Waals surface area (Å²) in [5.74, 6) is -0.938. The summed E-state index contributed by atoms with van der Waals surface area (Å²) in [6.07, 6.45) is 1.83. The monoisotopic (exact) mass is 429 g/mol. The fraction of sp³-hybridized carbons (Fsp3) is 0.778. The molecule has 164 valence electrons. The molecular weight excluding hydrogens is 400 g/mol. The van der Waals surface area contributed by atoms with E-state index in [0.29, 0.717) is 13.0 Å². The molecule has 0 saturated carbocycles. The van der Waals surface area contributed by atoms with Crippen LogP contribution in [0, 0.1) is 17.0 Å². The highest BCUT2D eigenvalue weighted by molar-refractivity contribution is 8.00. The van der Waals surface area contributed by atoms with E-state index in [-0.39, 0.29) is 60.0 Å². The van der Waals surface area contributed by atoms with E-state index < -0.39 is 18.1 Å². The number of aliphatic hydroxyl groups is 1. The molecule has 29 heavy (non-hydrogen) atoms. The molecule has 0 radical (unpaired) electrons. The summed E-state index contributed by atoms with van der Waals surface area (Å²) < 4.78 is 5.46. The van der Waals surface area contributed by atoms with Crippen LogP contribution in [-0.2, 0) is 9.53 Å². The molecule has 0 aromatic rings. The van der Waals surface area contributed by atoms with E-state index in [0.717, 1.165) is 5.06 Å². The zero-order valence-electron chi connectivity index (χ0n) is 16.6. The van der Waals surface area contributed by atoms with Gasteiger partial charge in [-0.2, -0.15) is 0 Å². The van der Waals surface area contributed by atoms with Gasteiger partial charge in [0.2, 0.25) is 0 Å². The van der Waals surface area contributed by atoms with E-state index in [1.165, 1.54) is 0 Å². The Labute approximate surface area is 174 Å². The van der Waals surface area contributed by atoms with Crippen LogP contribution in [0.3, 0.4) is 0 Å². The largest absolute Gasteiger partial charge is 0.785 e. The predicted molar refractivity (Wildman–Crippen MR) is 108 cm³/mol. The average Bonchev–Trinajstić information content (AvgIpc) is 3.09. The summed E-state index contributed by atoms with van der Waals surface area (Å²) >= 11 is 1.58. The molecule has 0 bridgehead atoms. The number of aliphatic hydroxyl groups excluding tert-OH is 1. The number of nitrogens with zero attached hydrogens (tertiary/aromatic N) is 2. The number of rotatable bonds is 9. The van der Waals surface area contributed by atoms with Gasteiger partial charge < -0.3 is 41.2 Å². The molecule has 1 unspecified atom stereocenters. The van der Waals surface area contributed by atoms with E-state index in [9.17, 15) is 25.0 Å². The summed E-state index contributed by atoms with van der Waals surface area (Å²) in [6, 6.07) is -0.914. The number of nitrogens with one attached hydrogen (secondary N) is 1. The maximum atomic E-state index is 12.3. The number of carbonyl (C=O) groups is 2. The Morgan fingerprint density at radius 1 is 1.52 bits per heavy atom. The van der Waals surface area contributed by atoms with Crippen molar-refractivity contribution in [3.8, 4) is 0 Å². The van der Waals surface area contributed by atoms with Crippen LogP contribution < -0.4 is 11.1 Å². The number of hydrogen-bond donors (Lipinski definition) is 4. The fourth-order valence-corrected chi connectivity index (χ4v) is 6.48. The number of hydrogen-bond acceptors (Lipinski definition) is 8. The number of amides is 2. The van der Waals surface area contributed by atoms with Crippen LogP contribution in [0.25, 0.3) is 0 Å². The van der Waals surface area contributed by atoms with Crippen LogP contribution in [0.2, 0.25) is 0 Å². The molecule has 5 N–H and O–H groups in total. The van der Waals surface area contributed by atoms with Crippen LogP contribution in [0.1, 0.15) is 20.3 Å². The molecule has 0 aliphatic carbocycles. The summed E-state index contributed by atoms with van der Waals surface area (Å²) in [7, 11) is 0. The first-order valence-electron chi connectivity index (χ1n) is 9.82. The molecule has 0 aromatic heterocycles. The highest BCUT2D eigenvalue weighted by atomic mass is 32.2. The number of nitrogens with two attached hydrogens (primary N) is 1. The number of carbonyl (C=O) groups excluding carboxylic acids is 1. The lowest BCUT2D eigenvalue weighted by Crippen LogP contribution is -2.65. The number of urea groups is 1. The summed E-state index contributed by atoms with van der Waals surface area (Å²) in [4.78, 5) is 24.1. The number of fused-ring (bicyclic) bond motifs is 1. The second-order valence-corrected chi connectivity index (χ2v) is 9.36. The lowest BCUT2D eigenvalue weighted by atomic mass is 9.79. The molecule has 0 aromatic carbocycles. The van der Waals surface area contributed by atoms with Crippen molar-refractivity contribution >= 4 is 23.8 Å². The molecule has 3 aliphatic rings. The van der Waals surface area contributed by atoms with E-state index in [1.54, 1.807) is 24.8 Å². The minimum absolute atomic E-state index is 0.0137. The summed E-state index contributed by atoms with van der Waals surface area (Å²) in [5, 5.41) is 35.4. The van der Waals surface area contributed by atoms with Gasteiger partial charge in [-0.1, -0.05) is 6.92 Å². The van der Waals surface area contributed by atoms with Crippen LogP contribution in [0.15, 0.2) is 11.8 Å². The van der Waals surface area contributed by atoms with Crippen molar-refractivity contribution in [1.29, 1.82) is 0 Å². The predicted octanol–water partition coefficient (Wildman–Crippen LogP) is -0.0293. The van der Waals surface area contributed by atoms with Crippen molar-refractivity contribution in [2.75, 3.05) is 26.3 Å². The summed E-state index contributed by atoms with van der Waals surface area (Å²) in [5.41, 5.74) is 5.27. The van der Waals surface area contributed by atoms with Crippen LogP contribution in [0.4, 0.5) is 4.79 Å². The minimum Gasteiger partial charge on any atom is -0.785 e. The number of primary amides is 1. The maximum Gasteiger partial charge on any atom is 0.351 e. The molecule has 3 rings (SSSR count). The molecule has 2 fully saturated rings. The maximum absolute atomic E-state index is 12.3. The number of aliphatic carboxylic acids is 1. The highest BCUT2D eigenvalue weighted by Crippen LogP contribution is 2.52. The standard InChI is InChI=1S/C18H29N4O6S/c1-9-5-13(17(24)25)22-15(9)14(10(2)23)16(22)29-12-6-11(21(27)7-12)8-28-4-3-20-18(19)26/h5,9-12,14-16,23H,3-4,6-8H2,1-2H3,(H,24,25)(H3,19,20,26)/q-1/t9-,10-,11+,12+,14-,15+,16?/m1/s1. The van der Waals surface area contributed by atoms with Gasteiger partial charge in [0, 0.05) is 29.8 Å². The Morgan fingerprint density at radius 3 is 2.86 bits per heavy atom. The van der Waals surface area contributed by atoms with Crippen LogP contribution in [0.5, 0.6) is 0 Å². The molecule has 3 heterocycles. The number of hydroxylamine groups is 2. The summed E-state index contributed by atoms with van der Waals surface area (Å²) in [6.45, 7) is 4.87. The Kier molecular flexibility index (Phi) is 6.94. The first-order valence-corrected chi connectivity index (χ1v) is 10.8. The number of thioether (sulfide) groups is 1. The number of carboxylic acid groups (broad SMARTS) is 1. The quantitative estimate of drug-likeness (QED) is 0.370. The number of carboxylic acids is 1. The molecule has 7 atom stereocenters. The second-order valence-electron chi connectivity index (χ2n) is 7.94. The van der Waals surface area contributed by atoms with Crippen molar-refractivity contribution in [2.45, 2.75) is 49.1 Å². The highest BCUT2D eigenvalue weighted by Gasteiger charge is 2.58. The van der Waals surface area contributed by atoms with Crippen molar-refractivity contribution in [2.24, 2.45) is 17.6 Å². The molecule has 0 spiro atoms. The Bertz CT molecular complexity index is 662. The van der Waals surface area contributed by atoms with Crippen LogP contribution in [-0.4, -0.2) is 87.3 Å². The first-order chi connectivity index (χ1) is 13.7. The first kappa shape index (κ1) is 22.2. The van der Waals surface area contributed by atoms with Gasteiger partial charge in [-0.15, -0.1) is 11.8 Å².